The van der Waals surface area contributed by atoms with Crippen molar-refractivity contribution >= 4 is 15.7 Å². The highest BCUT2D eigenvalue weighted by Gasteiger charge is 2.22. The molecule has 0 aliphatic heterocycles. The van der Waals surface area contributed by atoms with Gasteiger partial charge in [0.15, 0.2) is 0 Å². The number of hydrogen-bond acceptors (Lipinski definition) is 5. The molecule has 0 saturated heterocycles. The number of furan rings is 1. The maximum atomic E-state index is 12.0. The Kier molecular flexibility index (Phi) is 4.23. The molecule has 0 spiro atoms. The molecule has 0 unspecified atom stereocenters. The molecule has 0 radical (unpaired) electrons. The number of rotatable bonds is 6. The summed E-state index contributed by atoms with van der Waals surface area (Å²) in [5.74, 6) is -0.692. The smallest absolute Gasteiger partial charge is 0.236 e. The number of sulfone groups is 1. The van der Waals surface area contributed by atoms with Crippen LogP contribution in [0.15, 0.2) is 34.2 Å². The molecule has 108 valence electrons. The molecule has 1 amide bonds. The molecule has 0 aromatic carbocycles. The minimum Gasteiger partial charge on any atom is -0.467 e. The molecular weight excluding hydrogens is 282 g/mol. The number of nitrogens with zero attached hydrogens (tertiary/aromatic N) is 1. The van der Waals surface area contributed by atoms with Crippen LogP contribution in [0.4, 0.5) is 0 Å². The number of amides is 1. The number of hydrogen-bond donors (Lipinski definition) is 2. The van der Waals surface area contributed by atoms with Gasteiger partial charge >= 0.3 is 0 Å². The van der Waals surface area contributed by atoms with Crippen molar-refractivity contribution in [3.05, 3.63) is 36.0 Å². The Bertz CT molecular complexity index is 673. The van der Waals surface area contributed by atoms with E-state index >= 15 is 0 Å². The predicted octanol–water partition coefficient (Wildman–Crippen LogP) is 0.655. The summed E-state index contributed by atoms with van der Waals surface area (Å²) in [6.07, 6.45) is 3.58. The molecule has 2 N–H and O–H groups in total. The van der Waals surface area contributed by atoms with Gasteiger partial charge < -0.3 is 14.7 Å². The fourth-order valence-electron chi connectivity index (χ4n) is 1.57. The third-order valence-corrected chi connectivity index (χ3v) is 4.08. The molecular formula is C12H15N3O4S. The lowest BCUT2D eigenvalue weighted by Gasteiger charge is -2.03. The summed E-state index contributed by atoms with van der Waals surface area (Å²) in [6.45, 7) is 2.03. The van der Waals surface area contributed by atoms with Gasteiger partial charge in [-0.25, -0.2) is 13.4 Å². The van der Waals surface area contributed by atoms with E-state index in [9.17, 15) is 13.2 Å². The molecule has 2 heterocycles. The van der Waals surface area contributed by atoms with Crippen LogP contribution < -0.4 is 5.32 Å². The second-order valence-electron chi connectivity index (χ2n) is 4.18. The summed E-state index contributed by atoms with van der Waals surface area (Å²) in [4.78, 5) is 18.1. The number of carbonyl (C=O) groups excluding carboxylic acids is 1. The third-order valence-electron chi connectivity index (χ3n) is 2.64. The van der Waals surface area contributed by atoms with Crippen molar-refractivity contribution in [2.75, 3.05) is 5.75 Å². The zero-order valence-corrected chi connectivity index (χ0v) is 11.7. The number of aromatic amines is 1. The SMILES string of the molecule is CCc1cnc(S(=O)(=O)CC(=O)NCc2ccco2)[nH]1. The fraction of sp³-hybridized carbons (Fsp3) is 0.333. The number of aromatic nitrogens is 2. The Labute approximate surface area is 116 Å². The Balaban J connectivity index is 1.95. The van der Waals surface area contributed by atoms with Crippen molar-refractivity contribution in [3.63, 3.8) is 0 Å². The topological polar surface area (TPSA) is 105 Å². The highest BCUT2D eigenvalue weighted by molar-refractivity contribution is 7.91. The monoisotopic (exact) mass is 297 g/mol. The summed E-state index contributed by atoms with van der Waals surface area (Å²) < 4.78 is 28.9. The standard InChI is InChI=1S/C12H15N3O4S/c1-2-9-6-14-12(15-9)20(17,18)8-11(16)13-7-10-4-3-5-19-10/h3-6H,2,7-8H2,1H3,(H,13,16)(H,14,15). The zero-order valence-electron chi connectivity index (χ0n) is 10.9. The first kappa shape index (κ1) is 14.3. The molecule has 0 bridgehead atoms. The highest BCUT2D eigenvalue weighted by atomic mass is 32.2. The first-order valence-electron chi connectivity index (χ1n) is 6.07. The Morgan fingerprint density at radius 1 is 1.50 bits per heavy atom. The van der Waals surface area contributed by atoms with E-state index in [0.29, 0.717) is 17.9 Å². The Hall–Kier alpha value is -2.09. The summed E-state index contributed by atoms with van der Waals surface area (Å²) in [7, 11) is -3.75. The van der Waals surface area contributed by atoms with Crippen molar-refractivity contribution in [1.82, 2.24) is 15.3 Å². The van der Waals surface area contributed by atoms with Crippen LogP contribution >= 0.6 is 0 Å². The predicted molar refractivity (Wildman–Crippen MR) is 70.6 cm³/mol. The number of H-pyrrole nitrogens is 1. The summed E-state index contributed by atoms with van der Waals surface area (Å²) in [5.41, 5.74) is 0.708. The molecule has 0 atom stereocenters. The van der Waals surface area contributed by atoms with Crippen LogP contribution in [0.3, 0.4) is 0 Å². The van der Waals surface area contributed by atoms with Crippen LogP contribution in [0, 0.1) is 0 Å². The molecule has 2 aromatic rings. The van der Waals surface area contributed by atoms with Gasteiger partial charge in [0.1, 0.15) is 11.5 Å². The summed E-state index contributed by atoms with van der Waals surface area (Å²) in [6, 6.07) is 3.38. The minimum absolute atomic E-state index is 0.152. The molecule has 20 heavy (non-hydrogen) atoms. The van der Waals surface area contributed by atoms with Gasteiger partial charge in [-0.2, -0.15) is 0 Å². The number of nitrogens with one attached hydrogen (secondary N) is 2. The lowest BCUT2D eigenvalue weighted by molar-refractivity contribution is -0.118. The molecule has 0 aliphatic rings. The molecule has 8 heteroatoms. The van der Waals surface area contributed by atoms with E-state index in [1.165, 1.54) is 12.5 Å². The second kappa shape index (κ2) is 5.91. The first-order valence-corrected chi connectivity index (χ1v) is 7.72. The summed E-state index contributed by atoms with van der Waals surface area (Å²) in [5, 5.41) is 2.30. The lowest BCUT2D eigenvalue weighted by Crippen LogP contribution is -2.30. The van der Waals surface area contributed by atoms with E-state index in [1.54, 1.807) is 12.1 Å². The van der Waals surface area contributed by atoms with E-state index in [-0.39, 0.29) is 11.7 Å². The van der Waals surface area contributed by atoms with Gasteiger partial charge in [-0.15, -0.1) is 0 Å². The maximum absolute atomic E-state index is 12.0. The van der Waals surface area contributed by atoms with Gasteiger partial charge in [-0.1, -0.05) is 6.92 Å². The molecule has 0 fully saturated rings. The van der Waals surface area contributed by atoms with Crippen LogP contribution in [0.2, 0.25) is 0 Å². The fourth-order valence-corrected chi connectivity index (χ4v) is 2.65. The summed E-state index contributed by atoms with van der Waals surface area (Å²) >= 11 is 0. The van der Waals surface area contributed by atoms with Gasteiger partial charge in [-0.3, -0.25) is 4.79 Å². The third kappa shape index (κ3) is 3.47. The minimum atomic E-state index is -3.75. The van der Waals surface area contributed by atoms with Crippen molar-refractivity contribution in [3.8, 4) is 0 Å². The van der Waals surface area contributed by atoms with E-state index in [4.69, 9.17) is 4.42 Å². The van der Waals surface area contributed by atoms with Crippen molar-refractivity contribution in [2.24, 2.45) is 0 Å². The second-order valence-corrected chi connectivity index (χ2v) is 6.09. The average Bonchev–Trinajstić information content (AvgIpc) is 3.07. The Morgan fingerprint density at radius 2 is 2.30 bits per heavy atom. The number of aryl methyl sites for hydroxylation is 1. The van der Waals surface area contributed by atoms with E-state index in [1.807, 2.05) is 6.92 Å². The average molecular weight is 297 g/mol. The van der Waals surface area contributed by atoms with Gasteiger partial charge in [-0.05, 0) is 18.6 Å². The molecule has 7 nitrogen and oxygen atoms in total. The molecule has 2 aromatic heterocycles. The van der Waals surface area contributed by atoms with Crippen molar-refractivity contribution < 1.29 is 17.6 Å². The Morgan fingerprint density at radius 3 is 2.90 bits per heavy atom. The van der Waals surface area contributed by atoms with E-state index in [2.05, 4.69) is 15.3 Å². The van der Waals surface area contributed by atoms with Crippen molar-refractivity contribution in [1.29, 1.82) is 0 Å². The van der Waals surface area contributed by atoms with Crippen LogP contribution in [-0.4, -0.2) is 30.0 Å². The van der Waals surface area contributed by atoms with Gasteiger partial charge in [0.05, 0.1) is 12.8 Å². The first-order chi connectivity index (χ1) is 9.51. The largest absolute Gasteiger partial charge is 0.467 e. The quantitative estimate of drug-likeness (QED) is 0.814. The van der Waals surface area contributed by atoms with Crippen molar-refractivity contribution in [2.45, 2.75) is 25.0 Å². The van der Waals surface area contributed by atoms with Crippen LogP contribution in [0.5, 0.6) is 0 Å². The van der Waals surface area contributed by atoms with Crippen LogP contribution in [0.1, 0.15) is 18.4 Å². The highest BCUT2D eigenvalue weighted by Crippen LogP contribution is 2.07. The van der Waals surface area contributed by atoms with E-state index < -0.39 is 21.5 Å². The van der Waals surface area contributed by atoms with Gasteiger partial charge in [0, 0.05) is 11.9 Å². The van der Waals surface area contributed by atoms with Gasteiger partial charge in [0.2, 0.25) is 20.9 Å². The number of carbonyl (C=O) groups is 1. The molecule has 0 saturated carbocycles. The molecule has 2 rings (SSSR count). The lowest BCUT2D eigenvalue weighted by atomic mass is 10.4. The zero-order chi connectivity index (χ0) is 14.6. The normalized spacial score (nSPS) is 11.4. The van der Waals surface area contributed by atoms with Gasteiger partial charge in [0.25, 0.3) is 0 Å². The maximum Gasteiger partial charge on any atom is 0.236 e. The van der Waals surface area contributed by atoms with E-state index in [0.717, 1.165) is 0 Å². The number of imidazole rings is 1. The molecule has 0 aliphatic carbocycles. The van der Waals surface area contributed by atoms with Crippen LogP contribution in [0.25, 0.3) is 0 Å². The van der Waals surface area contributed by atoms with Crippen LogP contribution in [-0.2, 0) is 27.6 Å².